The SMILES string of the molecule is CCOc1ccc(/C=C2/C(=O)N(C)c3ccccc32)c2ccccc12. The minimum atomic E-state index is 0.0270. The van der Waals surface area contributed by atoms with E-state index in [1.807, 2.05) is 68.6 Å². The first-order valence-electron chi connectivity index (χ1n) is 8.44. The van der Waals surface area contributed by atoms with Crippen LogP contribution in [0.2, 0.25) is 0 Å². The minimum absolute atomic E-state index is 0.0270. The molecule has 3 aromatic rings. The molecule has 1 heterocycles. The number of carbonyl (C=O) groups is 1. The van der Waals surface area contributed by atoms with Crippen molar-refractivity contribution in [2.75, 3.05) is 18.6 Å². The largest absolute Gasteiger partial charge is 0.493 e. The Balaban J connectivity index is 1.91. The summed E-state index contributed by atoms with van der Waals surface area (Å²) < 4.78 is 5.74. The predicted molar refractivity (Wildman–Crippen MR) is 103 cm³/mol. The van der Waals surface area contributed by atoms with Gasteiger partial charge in [-0.1, -0.05) is 48.5 Å². The highest BCUT2D eigenvalue weighted by molar-refractivity contribution is 6.36. The maximum absolute atomic E-state index is 12.7. The molecule has 124 valence electrons. The predicted octanol–water partition coefficient (Wildman–Crippen LogP) is 4.76. The van der Waals surface area contributed by atoms with Crippen molar-refractivity contribution in [2.45, 2.75) is 6.92 Å². The van der Waals surface area contributed by atoms with Gasteiger partial charge >= 0.3 is 0 Å². The van der Waals surface area contributed by atoms with E-state index in [0.29, 0.717) is 6.61 Å². The lowest BCUT2D eigenvalue weighted by Crippen LogP contribution is -2.20. The van der Waals surface area contributed by atoms with Gasteiger partial charge in [-0.2, -0.15) is 0 Å². The van der Waals surface area contributed by atoms with Crippen LogP contribution in [0.15, 0.2) is 60.7 Å². The maximum Gasteiger partial charge on any atom is 0.258 e. The van der Waals surface area contributed by atoms with Crippen molar-refractivity contribution in [1.82, 2.24) is 0 Å². The average Bonchev–Trinajstić information content (AvgIpc) is 2.89. The Morgan fingerprint density at radius 3 is 2.48 bits per heavy atom. The summed E-state index contributed by atoms with van der Waals surface area (Å²) >= 11 is 0. The molecule has 1 aliphatic heterocycles. The maximum atomic E-state index is 12.7. The number of rotatable bonds is 3. The molecule has 0 aliphatic carbocycles. The molecule has 4 rings (SSSR count). The van der Waals surface area contributed by atoms with Crippen LogP contribution in [0, 0.1) is 0 Å². The van der Waals surface area contributed by atoms with Gasteiger partial charge in [-0.25, -0.2) is 0 Å². The Labute approximate surface area is 147 Å². The third kappa shape index (κ3) is 2.49. The normalized spacial score (nSPS) is 15.0. The highest BCUT2D eigenvalue weighted by Gasteiger charge is 2.29. The Bertz CT molecular complexity index is 1000. The fourth-order valence-electron chi connectivity index (χ4n) is 3.40. The fraction of sp³-hybridized carbons (Fsp3) is 0.136. The molecule has 1 amide bonds. The Hall–Kier alpha value is -3.07. The van der Waals surface area contributed by atoms with Crippen molar-refractivity contribution in [3.63, 3.8) is 0 Å². The third-order valence-corrected chi connectivity index (χ3v) is 4.61. The van der Waals surface area contributed by atoms with Crippen molar-refractivity contribution in [2.24, 2.45) is 0 Å². The summed E-state index contributed by atoms with van der Waals surface area (Å²) in [5.74, 6) is 0.898. The molecule has 0 spiro atoms. The van der Waals surface area contributed by atoms with E-state index < -0.39 is 0 Å². The molecular weight excluding hydrogens is 310 g/mol. The molecule has 0 fully saturated rings. The van der Waals surface area contributed by atoms with Gasteiger partial charge in [-0.15, -0.1) is 0 Å². The van der Waals surface area contributed by atoms with Crippen LogP contribution >= 0.6 is 0 Å². The number of para-hydroxylation sites is 1. The molecule has 0 unspecified atom stereocenters. The zero-order valence-electron chi connectivity index (χ0n) is 14.3. The first-order valence-corrected chi connectivity index (χ1v) is 8.44. The van der Waals surface area contributed by atoms with Crippen LogP contribution in [0.25, 0.3) is 22.4 Å². The number of benzene rings is 3. The topological polar surface area (TPSA) is 29.5 Å². The van der Waals surface area contributed by atoms with Crippen LogP contribution in [-0.4, -0.2) is 19.6 Å². The quantitative estimate of drug-likeness (QED) is 0.649. The Morgan fingerprint density at radius 1 is 0.960 bits per heavy atom. The zero-order valence-corrected chi connectivity index (χ0v) is 14.3. The van der Waals surface area contributed by atoms with Crippen molar-refractivity contribution < 1.29 is 9.53 Å². The minimum Gasteiger partial charge on any atom is -0.493 e. The van der Waals surface area contributed by atoms with Gasteiger partial charge in [0.25, 0.3) is 5.91 Å². The number of nitrogens with zero attached hydrogens (tertiary/aromatic N) is 1. The molecule has 1 aliphatic rings. The third-order valence-electron chi connectivity index (χ3n) is 4.61. The zero-order chi connectivity index (χ0) is 17.4. The van der Waals surface area contributed by atoms with E-state index in [2.05, 4.69) is 12.1 Å². The van der Waals surface area contributed by atoms with Gasteiger partial charge in [0.1, 0.15) is 5.75 Å². The van der Waals surface area contributed by atoms with Crippen LogP contribution in [0.1, 0.15) is 18.1 Å². The van der Waals surface area contributed by atoms with Gasteiger partial charge in [0.05, 0.1) is 12.3 Å². The van der Waals surface area contributed by atoms with Gasteiger partial charge in [-0.05, 0) is 36.1 Å². The fourth-order valence-corrected chi connectivity index (χ4v) is 3.40. The van der Waals surface area contributed by atoms with Crippen molar-refractivity contribution in [1.29, 1.82) is 0 Å². The van der Waals surface area contributed by atoms with E-state index in [1.165, 1.54) is 0 Å². The highest BCUT2D eigenvalue weighted by Crippen LogP contribution is 2.38. The first kappa shape index (κ1) is 15.5. The molecule has 25 heavy (non-hydrogen) atoms. The lowest BCUT2D eigenvalue weighted by Gasteiger charge is -2.10. The molecule has 0 saturated carbocycles. The number of ether oxygens (including phenoxy) is 1. The summed E-state index contributed by atoms with van der Waals surface area (Å²) in [4.78, 5) is 14.4. The standard InChI is InChI=1S/C22H19NO2/c1-3-25-21-13-12-15(16-8-4-5-10-18(16)21)14-19-17-9-6-7-11-20(17)23(2)22(19)24/h4-14H,3H2,1-2H3/b19-14+. The van der Waals surface area contributed by atoms with Crippen LogP contribution in [-0.2, 0) is 4.79 Å². The molecule has 0 aromatic heterocycles. The number of amides is 1. The van der Waals surface area contributed by atoms with E-state index in [1.54, 1.807) is 4.90 Å². The van der Waals surface area contributed by atoms with Crippen LogP contribution < -0.4 is 9.64 Å². The summed E-state index contributed by atoms with van der Waals surface area (Å²) in [6.07, 6.45) is 1.99. The Kier molecular flexibility index (Phi) is 3.77. The number of hydrogen-bond donors (Lipinski definition) is 0. The lowest BCUT2D eigenvalue weighted by molar-refractivity contribution is -0.112. The summed E-state index contributed by atoms with van der Waals surface area (Å²) in [5, 5.41) is 2.14. The van der Waals surface area contributed by atoms with Gasteiger partial charge in [0, 0.05) is 23.6 Å². The van der Waals surface area contributed by atoms with Crippen molar-refractivity contribution in [3.8, 4) is 5.75 Å². The van der Waals surface area contributed by atoms with Gasteiger partial charge in [-0.3, -0.25) is 4.79 Å². The van der Waals surface area contributed by atoms with Gasteiger partial charge in [0.15, 0.2) is 0 Å². The van der Waals surface area contributed by atoms with Crippen molar-refractivity contribution in [3.05, 3.63) is 71.8 Å². The molecular formula is C22H19NO2. The molecule has 0 radical (unpaired) electrons. The molecule has 3 aromatic carbocycles. The Morgan fingerprint density at radius 2 is 1.68 bits per heavy atom. The number of carbonyl (C=O) groups excluding carboxylic acids is 1. The van der Waals surface area contributed by atoms with E-state index in [9.17, 15) is 4.79 Å². The second kappa shape index (κ2) is 6.10. The second-order valence-corrected chi connectivity index (χ2v) is 6.07. The van der Waals surface area contributed by atoms with Gasteiger partial charge in [0.2, 0.25) is 0 Å². The summed E-state index contributed by atoms with van der Waals surface area (Å²) in [7, 11) is 1.82. The summed E-state index contributed by atoms with van der Waals surface area (Å²) in [5.41, 5.74) is 3.68. The van der Waals surface area contributed by atoms with Crippen LogP contribution in [0.4, 0.5) is 5.69 Å². The van der Waals surface area contributed by atoms with Crippen molar-refractivity contribution >= 4 is 34.0 Å². The van der Waals surface area contributed by atoms with E-state index in [0.717, 1.165) is 38.9 Å². The summed E-state index contributed by atoms with van der Waals surface area (Å²) in [6.45, 7) is 2.61. The van der Waals surface area contributed by atoms with E-state index >= 15 is 0 Å². The smallest absolute Gasteiger partial charge is 0.258 e. The van der Waals surface area contributed by atoms with Crippen LogP contribution in [0.5, 0.6) is 5.75 Å². The molecule has 0 N–H and O–H groups in total. The number of likely N-dealkylation sites (N-methyl/N-ethyl adjacent to an activating group) is 1. The monoisotopic (exact) mass is 329 g/mol. The highest BCUT2D eigenvalue weighted by atomic mass is 16.5. The number of fused-ring (bicyclic) bond motifs is 2. The molecule has 3 heteroatoms. The van der Waals surface area contributed by atoms with E-state index in [-0.39, 0.29) is 5.91 Å². The first-order chi connectivity index (χ1) is 12.2. The van der Waals surface area contributed by atoms with Gasteiger partial charge < -0.3 is 9.64 Å². The second-order valence-electron chi connectivity index (χ2n) is 6.07. The summed E-state index contributed by atoms with van der Waals surface area (Å²) in [6, 6.07) is 20.0. The average molecular weight is 329 g/mol. The molecule has 0 bridgehead atoms. The van der Waals surface area contributed by atoms with E-state index in [4.69, 9.17) is 4.74 Å². The lowest BCUT2D eigenvalue weighted by atomic mass is 9.99. The van der Waals surface area contributed by atoms with Crippen LogP contribution in [0.3, 0.4) is 0 Å². The number of hydrogen-bond acceptors (Lipinski definition) is 2. The number of anilines is 1. The molecule has 0 saturated heterocycles. The molecule has 0 atom stereocenters. The molecule has 3 nitrogen and oxygen atoms in total.